The fourth-order valence-corrected chi connectivity index (χ4v) is 1.65. The number of ether oxygens (including phenoxy) is 1. The molecule has 2 aromatic carbocycles. The summed E-state index contributed by atoms with van der Waals surface area (Å²) in [6.07, 6.45) is 0. The summed E-state index contributed by atoms with van der Waals surface area (Å²) < 4.78 is 18.0. The standard InChI is InChI=1S/C14H12FNO4/c1-20-12-7-8(5-6-10(12)15)16-14(19)9-3-2-4-11(17)13(9)18/h2-7,17-18H,1H3,(H,16,19). The van der Waals surface area contributed by atoms with Crippen LogP contribution in [-0.2, 0) is 0 Å². The molecule has 0 saturated heterocycles. The summed E-state index contributed by atoms with van der Waals surface area (Å²) in [5.74, 6) is -2.10. The Bertz CT molecular complexity index is 658. The number of carbonyl (C=O) groups is 1. The van der Waals surface area contributed by atoms with Crippen molar-refractivity contribution in [2.75, 3.05) is 12.4 Å². The molecule has 0 aliphatic rings. The van der Waals surface area contributed by atoms with Gasteiger partial charge < -0.3 is 20.3 Å². The second-order valence-electron chi connectivity index (χ2n) is 3.98. The lowest BCUT2D eigenvalue weighted by Crippen LogP contribution is -2.12. The second-order valence-corrected chi connectivity index (χ2v) is 3.98. The van der Waals surface area contributed by atoms with Crippen molar-refractivity contribution in [3.8, 4) is 17.2 Å². The van der Waals surface area contributed by atoms with Gasteiger partial charge in [-0.1, -0.05) is 6.07 Å². The van der Waals surface area contributed by atoms with E-state index >= 15 is 0 Å². The van der Waals surface area contributed by atoms with Gasteiger partial charge in [-0.05, 0) is 24.3 Å². The average Bonchev–Trinajstić information content (AvgIpc) is 2.43. The molecule has 0 aromatic heterocycles. The summed E-state index contributed by atoms with van der Waals surface area (Å²) in [6, 6.07) is 7.85. The number of amides is 1. The third kappa shape index (κ3) is 2.64. The molecule has 2 aromatic rings. The Hall–Kier alpha value is -2.76. The van der Waals surface area contributed by atoms with Crippen LogP contribution in [-0.4, -0.2) is 23.2 Å². The number of phenolic OH excluding ortho intramolecular Hbond substituents is 2. The minimum atomic E-state index is -0.632. The predicted molar refractivity (Wildman–Crippen MR) is 70.7 cm³/mol. The minimum absolute atomic E-state index is 0.0112. The number of rotatable bonds is 3. The van der Waals surface area contributed by atoms with Gasteiger partial charge in [-0.15, -0.1) is 0 Å². The summed E-state index contributed by atoms with van der Waals surface area (Å²) in [5, 5.41) is 21.4. The zero-order valence-electron chi connectivity index (χ0n) is 10.6. The van der Waals surface area contributed by atoms with Crippen molar-refractivity contribution >= 4 is 11.6 Å². The number of carbonyl (C=O) groups excluding carboxylic acids is 1. The van der Waals surface area contributed by atoms with Gasteiger partial charge in [-0.2, -0.15) is 0 Å². The van der Waals surface area contributed by atoms with Gasteiger partial charge in [-0.3, -0.25) is 4.79 Å². The lowest BCUT2D eigenvalue weighted by atomic mass is 10.1. The third-order valence-corrected chi connectivity index (χ3v) is 2.67. The van der Waals surface area contributed by atoms with E-state index in [4.69, 9.17) is 4.74 Å². The largest absolute Gasteiger partial charge is 0.504 e. The number of para-hydroxylation sites is 1. The highest BCUT2D eigenvalue weighted by molar-refractivity contribution is 6.06. The molecule has 0 atom stereocenters. The van der Waals surface area contributed by atoms with Crippen LogP contribution in [0.2, 0.25) is 0 Å². The van der Waals surface area contributed by atoms with Gasteiger partial charge in [0.05, 0.1) is 12.7 Å². The Morgan fingerprint density at radius 3 is 2.70 bits per heavy atom. The van der Waals surface area contributed by atoms with Gasteiger partial charge in [-0.25, -0.2) is 4.39 Å². The molecule has 0 spiro atoms. The van der Waals surface area contributed by atoms with Crippen LogP contribution in [0.4, 0.5) is 10.1 Å². The highest BCUT2D eigenvalue weighted by Crippen LogP contribution is 2.29. The summed E-state index contributed by atoms with van der Waals surface area (Å²) in [7, 11) is 1.31. The normalized spacial score (nSPS) is 10.1. The zero-order chi connectivity index (χ0) is 14.7. The van der Waals surface area contributed by atoms with E-state index in [0.717, 1.165) is 6.07 Å². The molecule has 0 bridgehead atoms. The lowest BCUT2D eigenvalue weighted by molar-refractivity contribution is 0.102. The highest BCUT2D eigenvalue weighted by Gasteiger charge is 2.14. The molecule has 0 aliphatic heterocycles. The molecular weight excluding hydrogens is 265 g/mol. The number of anilines is 1. The van der Waals surface area contributed by atoms with Crippen molar-refractivity contribution in [2.45, 2.75) is 0 Å². The number of benzene rings is 2. The maximum atomic E-state index is 13.2. The smallest absolute Gasteiger partial charge is 0.259 e. The Morgan fingerprint density at radius 1 is 1.25 bits per heavy atom. The topological polar surface area (TPSA) is 78.8 Å². The molecule has 5 nitrogen and oxygen atoms in total. The number of nitrogens with one attached hydrogen (secondary N) is 1. The first kappa shape index (κ1) is 13.7. The fraction of sp³-hybridized carbons (Fsp3) is 0.0714. The Balaban J connectivity index is 2.26. The number of phenols is 2. The molecule has 0 radical (unpaired) electrons. The van der Waals surface area contributed by atoms with E-state index in [1.54, 1.807) is 0 Å². The maximum Gasteiger partial charge on any atom is 0.259 e. The van der Waals surface area contributed by atoms with Crippen molar-refractivity contribution < 1.29 is 24.1 Å². The lowest BCUT2D eigenvalue weighted by Gasteiger charge is -2.09. The second kappa shape index (κ2) is 5.48. The Morgan fingerprint density at radius 2 is 2.00 bits per heavy atom. The number of hydrogen-bond acceptors (Lipinski definition) is 4. The van der Waals surface area contributed by atoms with Crippen molar-refractivity contribution in [3.63, 3.8) is 0 Å². The van der Waals surface area contributed by atoms with E-state index in [1.807, 2.05) is 0 Å². The van der Waals surface area contributed by atoms with Gasteiger partial charge in [0.1, 0.15) is 0 Å². The van der Waals surface area contributed by atoms with Crippen LogP contribution in [0.1, 0.15) is 10.4 Å². The fourth-order valence-electron chi connectivity index (χ4n) is 1.65. The molecule has 3 N–H and O–H groups in total. The van der Waals surface area contributed by atoms with Gasteiger partial charge in [0.25, 0.3) is 5.91 Å². The number of hydrogen-bond donors (Lipinski definition) is 3. The molecule has 0 heterocycles. The first-order valence-electron chi connectivity index (χ1n) is 5.68. The van der Waals surface area contributed by atoms with Gasteiger partial charge >= 0.3 is 0 Å². The molecule has 104 valence electrons. The zero-order valence-corrected chi connectivity index (χ0v) is 10.6. The van der Waals surface area contributed by atoms with E-state index in [-0.39, 0.29) is 11.3 Å². The minimum Gasteiger partial charge on any atom is -0.504 e. The molecule has 2 rings (SSSR count). The summed E-state index contributed by atoms with van der Waals surface area (Å²) in [6.45, 7) is 0. The SMILES string of the molecule is COc1cc(NC(=O)c2cccc(O)c2O)ccc1F. The molecule has 0 saturated carbocycles. The first-order chi connectivity index (χ1) is 9.52. The van der Waals surface area contributed by atoms with Gasteiger partial charge in [0.15, 0.2) is 23.1 Å². The van der Waals surface area contributed by atoms with E-state index in [2.05, 4.69) is 5.32 Å². The van der Waals surface area contributed by atoms with E-state index in [1.165, 1.54) is 37.4 Å². The van der Waals surface area contributed by atoms with Crippen molar-refractivity contribution in [2.24, 2.45) is 0 Å². The number of methoxy groups -OCH3 is 1. The van der Waals surface area contributed by atoms with E-state index in [0.29, 0.717) is 5.69 Å². The molecule has 20 heavy (non-hydrogen) atoms. The predicted octanol–water partition coefficient (Wildman–Crippen LogP) is 2.50. The molecule has 1 amide bonds. The average molecular weight is 277 g/mol. The molecule has 6 heteroatoms. The van der Waals surface area contributed by atoms with Crippen LogP contribution in [0.3, 0.4) is 0 Å². The summed E-state index contributed by atoms with van der Waals surface area (Å²) in [5.41, 5.74) is 0.212. The maximum absolute atomic E-state index is 13.2. The summed E-state index contributed by atoms with van der Waals surface area (Å²) >= 11 is 0. The number of halogens is 1. The Kier molecular flexibility index (Phi) is 3.74. The van der Waals surface area contributed by atoms with Crippen LogP contribution in [0.15, 0.2) is 36.4 Å². The van der Waals surface area contributed by atoms with Gasteiger partial charge in [0.2, 0.25) is 0 Å². The van der Waals surface area contributed by atoms with E-state index in [9.17, 15) is 19.4 Å². The van der Waals surface area contributed by atoms with Crippen LogP contribution in [0.25, 0.3) is 0 Å². The van der Waals surface area contributed by atoms with Crippen molar-refractivity contribution in [3.05, 3.63) is 47.8 Å². The highest BCUT2D eigenvalue weighted by atomic mass is 19.1. The quantitative estimate of drug-likeness (QED) is 0.753. The molecular formula is C14H12FNO4. The monoisotopic (exact) mass is 277 g/mol. The summed E-state index contributed by atoms with van der Waals surface area (Å²) in [4.78, 5) is 12.0. The van der Waals surface area contributed by atoms with Crippen LogP contribution in [0, 0.1) is 5.82 Å². The molecule has 0 unspecified atom stereocenters. The van der Waals surface area contributed by atoms with Crippen LogP contribution >= 0.6 is 0 Å². The molecule has 0 fully saturated rings. The van der Waals surface area contributed by atoms with Crippen LogP contribution < -0.4 is 10.1 Å². The third-order valence-electron chi connectivity index (χ3n) is 2.67. The Labute approximate surface area is 114 Å². The van der Waals surface area contributed by atoms with Crippen LogP contribution in [0.5, 0.6) is 17.2 Å². The molecule has 0 aliphatic carbocycles. The van der Waals surface area contributed by atoms with Crippen molar-refractivity contribution in [1.82, 2.24) is 0 Å². The van der Waals surface area contributed by atoms with E-state index < -0.39 is 23.2 Å². The van der Waals surface area contributed by atoms with Crippen molar-refractivity contribution in [1.29, 1.82) is 0 Å². The van der Waals surface area contributed by atoms with Gasteiger partial charge in [0, 0.05) is 11.8 Å². The number of aromatic hydroxyl groups is 2. The first-order valence-corrected chi connectivity index (χ1v) is 5.68.